The minimum absolute atomic E-state index is 0.201. The number of aryl methyl sites for hydroxylation is 1. The van der Waals surface area contributed by atoms with E-state index in [-0.39, 0.29) is 5.91 Å². The van der Waals surface area contributed by atoms with Crippen LogP contribution in [0.3, 0.4) is 0 Å². The summed E-state index contributed by atoms with van der Waals surface area (Å²) < 4.78 is 11.4. The zero-order chi connectivity index (χ0) is 16.8. The van der Waals surface area contributed by atoms with E-state index in [1.54, 1.807) is 19.2 Å². The number of carbonyl (C=O) groups excluding carboxylic acids is 1. The average molecular weight is 378 g/mol. The molecule has 0 aliphatic rings. The first-order valence-electron chi connectivity index (χ1n) is 7.31. The Balaban J connectivity index is 2.24. The number of ether oxygens (including phenoxy) is 2. The summed E-state index contributed by atoms with van der Waals surface area (Å²) in [6.45, 7) is 4.86. The van der Waals surface area contributed by atoms with E-state index in [0.29, 0.717) is 24.5 Å². The molecule has 0 aliphatic carbocycles. The van der Waals surface area contributed by atoms with E-state index >= 15 is 0 Å². The largest absolute Gasteiger partial charge is 0.490 e. The zero-order valence-electron chi connectivity index (χ0n) is 13.5. The highest BCUT2D eigenvalue weighted by atomic mass is 79.9. The zero-order valence-corrected chi connectivity index (χ0v) is 15.1. The molecule has 0 heterocycles. The van der Waals surface area contributed by atoms with Crippen molar-refractivity contribution < 1.29 is 14.3 Å². The van der Waals surface area contributed by atoms with Crippen LogP contribution in [0.2, 0.25) is 0 Å². The van der Waals surface area contributed by atoms with Crippen LogP contribution in [-0.2, 0) is 4.74 Å². The molecule has 2 aromatic rings. The maximum Gasteiger partial charge on any atom is 0.259 e. The number of halogens is 1. The average Bonchev–Trinajstić information content (AvgIpc) is 2.53. The standard InChI is InChI=1S/C18H20BrNO3/c1-12-5-4-6-16(13(12)2)20-18(21)15-11-14(19)7-8-17(15)23-10-9-22-3/h4-8,11H,9-10H2,1-3H3,(H,20,21). The second-order valence-corrected chi connectivity index (χ2v) is 6.10. The van der Waals surface area contributed by atoms with Crippen LogP contribution in [-0.4, -0.2) is 26.2 Å². The minimum Gasteiger partial charge on any atom is -0.490 e. The van der Waals surface area contributed by atoms with Crippen molar-refractivity contribution in [1.82, 2.24) is 0 Å². The van der Waals surface area contributed by atoms with Crippen molar-refractivity contribution in [3.63, 3.8) is 0 Å². The van der Waals surface area contributed by atoms with Gasteiger partial charge in [-0.1, -0.05) is 28.1 Å². The number of nitrogens with one attached hydrogen (secondary N) is 1. The lowest BCUT2D eigenvalue weighted by atomic mass is 10.1. The molecule has 0 unspecified atom stereocenters. The highest BCUT2D eigenvalue weighted by Crippen LogP contribution is 2.25. The highest BCUT2D eigenvalue weighted by molar-refractivity contribution is 9.10. The van der Waals surface area contributed by atoms with Crippen LogP contribution in [0.15, 0.2) is 40.9 Å². The molecule has 122 valence electrons. The molecule has 0 saturated carbocycles. The van der Waals surface area contributed by atoms with Gasteiger partial charge in [0.05, 0.1) is 12.2 Å². The molecule has 5 heteroatoms. The number of hydrogen-bond donors (Lipinski definition) is 1. The lowest BCUT2D eigenvalue weighted by Crippen LogP contribution is -2.15. The number of benzene rings is 2. The third-order valence-electron chi connectivity index (χ3n) is 3.58. The molecule has 0 bridgehead atoms. The molecule has 23 heavy (non-hydrogen) atoms. The summed E-state index contributed by atoms with van der Waals surface area (Å²) in [4.78, 5) is 12.6. The normalized spacial score (nSPS) is 10.4. The van der Waals surface area contributed by atoms with Crippen LogP contribution in [0.1, 0.15) is 21.5 Å². The molecular formula is C18H20BrNO3. The van der Waals surface area contributed by atoms with Crippen LogP contribution in [0.5, 0.6) is 5.75 Å². The number of amides is 1. The quantitative estimate of drug-likeness (QED) is 0.761. The van der Waals surface area contributed by atoms with Crippen molar-refractivity contribution in [1.29, 1.82) is 0 Å². The molecule has 0 atom stereocenters. The monoisotopic (exact) mass is 377 g/mol. The minimum atomic E-state index is -0.201. The first kappa shape index (κ1) is 17.5. The molecule has 0 aliphatic heterocycles. The summed E-state index contributed by atoms with van der Waals surface area (Å²) in [6, 6.07) is 11.2. The van der Waals surface area contributed by atoms with Crippen LogP contribution in [0.4, 0.5) is 5.69 Å². The fourth-order valence-corrected chi connectivity index (χ4v) is 2.48. The van der Waals surface area contributed by atoms with Gasteiger partial charge >= 0.3 is 0 Å². The van der Waals surface area contributed by atoms with Gasteiger partial charge in [0, 0.05) is 17.3 Å². The summed E-state index contributed by atoms with van der Waals surface area (Å²) >= 11 is 3.40. The topological polar surface area (TPSA) is 47.6 Å². The number of methoxy groups -OCH3 is 1. The van der Waals surface area contributed by atoms with Gasteiger partial charge in [-0.2, -0.15) is 0 Å². The van der Waals surface area contributed by atoms with Crippen LogP contribution in [0, 0.1) is 13.8 Å². The van der Waals surface area contributed by atoms with E-state index in [9.17, 15) is 4.79 Å². The number of rotatable bonds is 6. The van der Waals surface area contributed by atoms with Gasteiger partial charge in [-0.05, 0) is 49.2 Å². The molecular weight excluding hydrogens is 358 g/mol. The van der Waals surface area contributed by atoms with Crippen LogP contribution < -0.4 is 10.1 Å². The maximum absolute atomic E-state index is 12.6. The third-order valence-corrected chi connectivity index (χ3v) is 4.08. The Bertz CT molecular complexity index is 701. The van der Waals surface area contributed by atoms with Gasteiger partial charge < -0.3 is 14.8 Å². The first-order valence-corrected chi connectivity index (χ1v) is 8.11. The van der Waals surface area contributed by atoms with Gasteiger partial charge in [0.2, 0.25) is 0 Å². The SMILES string of the molecule is COCCOc1ccc(Br)cc1C(=O)Nc1cccc(C)c1C. The van der Waals surface area contributed by atoms with Gasteiger partial charge in [-0.25, -0.2) is 0 Å². The molecule has 2 aromatic carbocycles. The summed E-state index contributed by atoms with van der Waals surface area (Å²) in [5, 5.41) is 2.95. The Morgan fingerprint density at radius 1 is 1.17 bits per heavy atom. The lowest BCUT2D eigenvalue weighted by molar-refractivity contribution is 0.101. The first-order chi connectivity index (χ1) is 11.0. The molecule has 0 radical (unpaired) electrons. The van der Waals surface area contributed by atoms with E-state index < -0.39 is 0 Å². The molecule has 0 aromatic heterocycles. The highest BCUT2D eigenvalue weighted by Gasteiger charge is 2.15. The van der Waals surface area contributed by atoms with E-state index in [4.69, 9.17) is 9.47 Å². The maximum atomic E-state index is 12.6. The molecule has 0 saturated heterocycles. The lowest BCUT2D eigenvalue weighted by Gasteiger charge is -2.14. The second kappa shape index (κ2) is 8.13. The van der Waals surface area contributed by atoms with Crippen LogP contribution in [0.25, 0.3) is 0 Å². The Morgan fingerprint density at radius 3 is 2.70 bits per heavy atom. The number of hydrogen-bond acceptors (Lipinski definition) is 3. The Morgan fingerprint density at radius 2 is 1.96 bits per heavy atom. The summed E-state index contributed by atoms with van der Waals surface area (Å²) in [7, 11) is 1.61. The molecule has 1 amide bonds. The number of carbonyl (C=O) groups is 1. The Kier molecular flexibility index (Phi) is 6.19. The van der Waals surface area contributed by atoms with E-state index in [2.05, 4.69) is 21.2 Å². The van der Waals surface area contributed by atoms with E-state index in [1.165, 1.54) is 0 Å². The predicted octanol–water partition coefficient (Wildman–Crippen LogP) is 4.34. The second-order valence-electron chi connectivity index (χ2n) is 5.18. The van der Waals surface area contributed by atoms with Gasteiger partial charge in [-0.15, -0.1) is 0 Å². The Hall–Kier alpha value is -1.85. The molecule has 0 fully saturated rings. The van der Waals surface area contributed by atoms with Gasteiger partial charge in [0.1, 0.15) is 12.4 Å². The van der Waals surface area contributed by atoms with E-state index in [1.807, 2.05) is 38.1 Å². The van der Waals surface area contributed by atoms with Crippen molar-refractivity contribution in [2.45, 2.75) is 13.8 Å². The predicted molar refractivity (Wildman–Crippen MR) is 95.4 cm³/mol. The fraction of sp³-hybridized carbons (Fsp3) is 0.278. The third kappa shape index (κ3) is 4.56. The number of anilines is 1. The summed E-state index contributed by atoms with van der Waals surface area (Å²) in [5.41, 5.74) is 3.47. The van der Waals surface area contributed by atoms with Crippen molar-refractivity contribution in [2.24, 2.45) is 0 Å². The molecule has 1 N–H and O–H groups in total. The van der Waals surface area contributed by atoms with Crippen molar-refractivity contribution in [2.75, 3.05) is 25.6 Å². The van der Waals surface area contributed by atoms with Crippen molar-refractivity contribution in [3.05, 3.63) is 57.6 Å². The van der Waals surface area contributed by atoms with Gasteiger partial charge in [-0.3, -0.25) is 4.79 Å². The van der Waals surface area contributed by atoms with Crippen molar-refractivity contribution >= 4 is 27.5 Å². The Labute approximate surface area is 144 Å². The molecule has 4 nitrogen and oxygen atoms in total. The molecule has 2 rings (SSSR count). The van der Waals surface area contributed by atoms with Crippen molar-refractivity contribution in [3.8, 4) is 5.75 Å². The summed E-state index contributed by atoms with van der Waals surface area (Å²) in [5.74, 6) is 0.334. The van der Waals surface area contributed by atoms with Gasteiger partial charge in [0.25, 0.3) is 5.91 Å². The van der Waals surface area contributed by atoms with E-state index in [0.717, 1.165) is 21.3 Å². The fourth-order valence-electron chi connectivity index (χ4n) is 2.12. The van der Waals surface area contributed by atoms with Crippen LogP contribution >= 0.6 is 15.9 Å². The molecule has 0 spiro atoms. The van der Waals surface area contributed by atoms with Gasteiger partial charge in [0.15, 0.2) is 0 Å². The smallest absolute Gasteiger partial charge is 0.259 e. The summed E-state index contributed by atoms with van der Waals surface area (Å²) in [6.07, 6.45) is 0.